The summed E-state index contributed by atoms with van der Waals surface area (Å²) >= 11 is 5.97. The van der Waals surface area contributed by atoms with Gasteiger partial charge in [0, 0.05) is 18.2 Å². The minimum atomic E-state index is 0.249. The molecule has 0 aliphatic carbocycles. The molecular formula is C13H15ClN4. The minimum Gasteiger partial charge on any atom is -0.364 e. The number of halogens is 1. The first-order valence-electron chi connectivity index (χ1n) is 5.83. The van der Waals surface area contributed by atoms with Gasteiger partial charge in [-0.3, -0.25) is 4.98 Å². The van der Waals surface area contributed by atoms with Gasteiger partial charge in [-0.2, -0.15) is 0 Å². The van der Waals surface area contributed by atoms with Crippen molar-refractivity contribution in [2.75, 3.05) is 5.32 Å². The van der Waals surface area contributed by atoms with E-state index in [1.807, 2.05) is 32.0 Å². The molecule has 0 saturated heterocycles. The summed E-state index contributed by atoms with van der Waals surface area (Å²) in [4.78, 5) is 12.8. The number of nitrogens with one attached hydrogen (secondary N) is 1. The Hall–Kier alpha value is -1.68. The van der Waals surface area contributed by atoms with Gasteiger partial charge in [0.05, 0.1) is 12.2 Å². The van der Waals surface area contributed by atoms with Crippen LogP contribution in [0, 0.1) is 0 Å². The van der Waals surface area contributed by atoms with Crippen LogP contribution in [0.1, 0.15) is 31.3 Å². The van der Waals surface area contributed by atoms with Gasteiger partial charge in [0.1, 0.15) is 16.8 Å². The van der Waals surface area contributed by atoms with E-state index in [1.165, 1.54) is 0 Å². The number of hydrogen-bond donors (Lipinski definition) is 1. The summed E-state index contributed by atoms with van der Waals surface area (Å²) in [6.45, 7) is 4.69. The van der Waals surface area contributed by atoms with Crippen molar-refractivity contribution >= 4 is 17.4 Å². The lowest BCUT2D eigenvalue weighted by molar-refractivity contribution is 0.774. The molecule has 0 bridgehead atoms. The summed E-state index contributed by atoms with van der Waals surface area (Å²) in [6, 6.07) is 7.52. The summed E-state index contributed by atoms with van der Waals surface area (Å²) in [5.41, 5.74) is 0.957. The fourth-order valence-electron chi connectivity index (χ4n) is 1.47. The largest absolute Gasteiger partial charge is 0.364 e. The predicted molar refractivity (Wildman–Crippen MR) is 72.7 cm³/mol. The van der Waals surface area contributed by atoms with Crippen LogP contribution in [0.2, 0.25) is 5.15 Å². The highest BCUT2D eigenvalue weighted by Gasteiger charge is 2.06. The van der Waals surface area contributed by atoms with Gasteiger partial charge in [0.15, 0.2) is 0 Å². The number of anilines is 1. The molecule has 1 N–H and O–H groups in total. The van der Waals surface area contributed by atoms with Crippen molar-refractivity contribution in [3.63, 3.8) is 0 Å². The van der Waals surface area contributed by atoms with Crippen LogP contribution < -0.4 is 5.32 Å². The van der Waals surface area contributed by atoms with Crippen LogP contribution in [0.5, 0.6) is 0 Å². The molecule has 0 fully saturated rings. The van der Waals surface area contributed by atoms with Crippen LogP contribution in [0.15, 0.2) is 30.5 Å². The summed E-state index contributed by atoms with van der Waals surface area (Å²) in [5.74, 6) is 1.72. The van der Waals surface area contributed by atoms with E-state index in [0.717, 1.165) is 17.3 Å². The summed E-state index contributed by atoms with van der Waals surface area (Å²) in [5, 5.41) is 3.65. The van der Waals surface area contributed by atoms with Gasteiger partial charge >= 0.3 is 0 Å². The minimum absolute atomic E-state index is 0.249. The molecule has 2 rings (SSSR count). The van der Waals surface area contributed by atoms with Crippen molar-refractivity contribution in [3.8, 4) is 0 Å². The molecule has 0 spiro atoms. The second-order valence-corrected chi connectivity index (χ2v) is 4.65. The SMILES string of the molecule is CC(C)c1nc(Cl)cc(NCc2ccccn2)n1. The molecule has 18 heavy (non-hydrogen) atoms. The van der Waals surface area contributed by atoms with Crippen LogP contribution in [0.3, 0.4) is 0 Å². The lowest BCUT2D eigenvalue weighted by Gasteiger charge is -2.09. The van der Waals surface area contributed by atoms with E-state index in [1.54, 1.807) is 12.3 Å². The maximum Gasteiger partial charge on any atom is 0.135 e. The average Bonchev–Trinajstić information content (AvgIpc) is 2.37. The maximum absolute atomic E-state index is 5.97. The molecule has 2 aromatic heterocycles. The van der Waals surface area contributed by atoms with Crippen molar-refractivity contribution in [2.45, 2.75) is 26.3 Å². The number of nitrogens with zero attached hydrogens (tertiary/aromatic N) is 3. The molecule has 0 aliphatic rings. The monoisotopic (exact) mass is 262 g/mol. The Bertz CT molecular complexity index is 514. The zero-order chi connectivity index (χ0) is 13.0. The molecular weight excluding hydrogens is 248 g/mol. The quantitative estimate of drug-likeness (QED) is 0.860. The lowest BCUT2D eigenvalue weighted by atomic mass is 10.2. The molecule has 0 aromatic carbocycles. The van der Waals surface area contributed by atoms with Crippen molar-refractivity contribution in [1.29, 1.82) is 0 Å². The smallest absolute Gasteiger partial charge is 0.135 e. The van der Waals surface area contributed by atoms with Crippen molar-refractivity contribution < 1.29 is 0 Å². The molecule has 0 atom stereocenters. The maximum atomic E-state index is 5.97. The Balaban J connectivity index is 2.10. The van der Waals surface area contributed by atoms with Gasteiger partial charge in [-0.15, -0.1) is 0 Å². The van der Waals surface area contributed by atoms with Gasteiger partial charge in [0.2, 0.25) is 0 Å². The zero-order valence-electron chi connectivity index (χ0n) is 10.4. The number of rotatable bonds is 4. The fourth-order valence-corrected chi connectivity index (χ4v) is 1.66. The highest BCUT2D eigenvalue weighted by Crippen LogP contribution is 2.17. The molecule has 94 valence electrons. The van der Waals surface area contributed by atoms with E-state index in [4.69, 9.17) is 11.6 Å². The van der Waals surface area contributed by atoms with Gasteiger partial charge in [-0.1, -0.05) is 31.5 Å². The molecule has 5 heteroatoms. The normalized spacial score (nSPS) is 10.7. The zero-order valence-corrected chi connectivity index (χ0v) is 11.1. The molecule has 0 radical (unpaired) electrons. The standard InChI is InChI=1S/C13H15ClN4/c1-9(2)13-17-11(14)7-12(18-13)16-8-10-5-3-4-6-15-10/h3-7,9H,8H2,1-2H3,(H,16,17,18). The predicted octanol–water partition coefficient (Wildman–Crippen LogP) is 3.26. The first kappa shape index (κ1) is 12.8. The Kier molecular flexibility index (Phi) is 4.10. The van der Waals surface area contributed by atoms with Crippen LogP contribution >= 0.6 is 11.6 Å². The molecule has 0 aliphatic heterocycles. The van der Waals surface area contributed by atoms with Crippen molar-refractivity contribution in [1.82, 2.24) is 15.0 Å². The third-order valence-electron chi connectivity index (χ3n) is 2.41. The third-order valence-corrected chi connectivity index (χ3v) is 2.60. The van der Waals surface area contributed by atoms with Gasteiger partial charge in [-0.05, 0) is 12.1 Å². The fraction of sp³-hybridized carbons (Fsp3) is 0.308. The molecule has 4 nitrogen and oxygen atoms in total. The third kappa shape index (κ3) is 3.40. The molecule has 0 saturated carbocycles. The topological polar surface area (TPSA) is 50.7 Å². The van der Waals surface area contributed by atoms with Gasteiger partial charge < -0.3 is 5.32 Å². The van der Waals surface area contributed by atoms with Crippen molar-refractivity contribution in [3.05, 3.63) is 47.1 Å². The summed E-state index contributed by atoms with van der Waals surface area (Å²) < 4.78 is 0. The van der Waals surface area contributed by atoms with E-state index < -0.39 is 0 Å². The second kappa shape index (κ2) is 5.78. The lowest BCUT2D eigenvalue weighted by Crippen LogP contribution is -2.06. The molecule has 0 amide bonds. The van der Waals surface area contributed by atoms with Crippen LogP contribution in [0.4, 0.5) is 5.82 Å². The summed E-state index contributed by atoms with van der Waals surface area (Å²) in [6.07, 6.45) is 1.77. The Labute approximate surface area is 111 Å². The first-order valence-corrected chi connectivity index (χ1v) is 6.21. The molecule has 2 heterocycles. The van der Waals surface area contributed by atoms with E-state index in [2.05, 4.69) is 20.3 Å². The number of aromatic nitrogens is 3. The highest BCUT2D eigenvalue weighted by atomic mass is 35.5. The summed E-state index contributed by atoms with van der Waals surface area (Å²) in [7, 11) is 0. The number of pyridine rings is 1. The van der Waals surface area contributed by atoms with E-state index >= 15 is 0 Å². The van der Waals surface area contributed by atoms with Gasteiger partial charge in [-0.25, -0.2) is 9.97 Å². The van der Waals surface area contributed by atoms with Crippen molar-refractivity contribution in [2.24, 2.45) is 0 Å². The Morgan fingerprint density at radius 1 is 1.28 bits per heavy atom. The Morgan fingerprint density at radius 3 is 2.78 bits per heavy atom. The van der Waals surface area contributed by atoms with E-state index in [0.29, 0.717) is 11.7 Å². The second-order valence-electron chi connectivity index (χ2n) is 4.26. The van der Waals surface area contributed by atoms with Crippen LogP contribution in [0.25, 0.3) is 0 Å². The first-order chi connectivity index (χ1) is 8.65. The highest BCUT2D eigenvalue weighted by molar-refractivity contribution is 6.29. The average molecular weight is 263 g/mol. The van der Waals surface area contributed by atoms with E-state index in [9.17, 15) is 0 Å². The number of hydrogen-bond acceptors (Lipinski definition) is 4. The van der Waals surface area contributed by atoms with Crippen LogP contribution in [-0.2, 0) is 6.54 Å². The Morgan fingerprint density at radius 2 is 2.11 bits per heavy atom. The molecule has 2 aromatic rings. The van der Waals surface area contributed by atoms with Gasteiger partial charge in [0.25, 0.3) is 0 Å². The molecule has 0 unspecified atom stereocenters. The van der Waals surface area contributed by atoms with Crippen LogP contribution in [-0.4, -0.2) is 15.0 Å². The van der Waals surface area contributed by atoms with E-state index in [-0.39, 0.29) is 5.92 Å².